The summed E-state index contributed by atoms with van der Waals surface area (Å²) in [6, 6.07) is 21.8. The molecule has 0 fully saturated rings. The van der Waals surface area contributed by atoms with E-state index in [1.54, 1.807) is 36.4 Å². The number of ether oxygens (including phenoxy) is 3. The van der Waals surface area contributed by atoms with Gasteiger partial charge >= 0.3 is 11.9 Å². The van der Waals surface area contributed by atoms with Crippen molar-refractivity contribution in [3.63, 3.8) is 0 Å². The highest BCUT2D eigenvalue weighted by Gasteiger charge is 2.14. The topological polar surface area (TPSA) is 61.8 Å². The Bertz CT molecular complexity index is 1230. The first kappa shape index (κ1) is 33.6. The zero-order chi connectivity index (χ0) is 30.7. The van der Waals surface area contributed by atoms with Crippen LogP contribution in [0.4, 0.5) is 0 Å². The standard InChI is InChI=1S/C38H48O5/c1-4-6-8-10-11-12-13-15-29-41-35-25-21-31(22-26-35)32-23-27-36(28-24-32)43-38(40)34-19-17-33(18-20-34)37(39)42-30(3)16-14-9-7-5-2/h5,17-28,30H,2,4,6-16,29H2,1,3H3/t30-/m1/s1. The van der Waals surface area contributed by atoms with Gasteiger partial charge in [0.05, 0.1) is 23.8 Å². The molecule has 0 saturated carbocycles. The van der Waals surface area contributed by atoms with E-state index >= 15 is 0 Å². The molecular weight excluding hydrogens is 536 g/mol. The van der Waals surface area contributed by atoms with Crippen LogP contribution in [0.1, 0.15) is 112 Å². The molecule has 0 aliphatic rings. The highest BCUT2D eigenvalue weighted by atomic mass is 16.5. The van der Waals surface area contributed by atoms with Crippen molar-refractivity contribution in [2.75, 3.05) is 6.61 Å². The van der Waals surface area contributed by atoms with Crippen molar-refractivity contribution in [3.8, 4) is 22.6 Å². The molecule has 0 heterocycles. The molecule has 0 spiro atoms. The van der Waals surface area contributed by atoms with Gasteiger partial charge in [0.25, 0.3) is 0 Å². The quantitative estimate of drug-likeness (QED) is 0.0572. The van der Waals surface area contributed by atoms with Gasteiger partial charge in [0.2, 0.25) is 0 Å². The minimum atomic E-state index is -0.485. The van der Waals surface area contributed by atoms with Gasteiger partial charge in [-0.05, 0) is 98.7 Å². The monoisotopic (exact) mass is 584 g/mol. The molecule has 0 amide bonds. The molecular formula is C38H48O5. The van der Waals surface area contributed by atoms with E-state index < -0.39 is 11.9 Å². The van der Waals surface area contributed by atoms with Crippen LogP contribution in [0, 0.1) is 0 Å². The Morgan fingerprint density at radius 2 is 1.21 bits per heavy atom. The molecule has 3 aromatic carbocycles. The number of allylic oxidation sites excluding steroid dienone is 1. The smallest absolute Gasteiger partial charge is 0.343 e. The van der Waals surface area contributed by atoms with E-state index in [9.17, 15) is 9.59 Å². The van der Waals surface area contributed by atoms with Crippen LogP contribution >= 0.6 is 0 Å². The van der Waals surface area contributed by atoms with Crippen LogP contribution in [0.25, 0.3) is 11.1 Å². The number of unbranched alkanes of at least 4 members (excludes halogenated alkanes) is 9. The number of rotatable bonds is 20. The van der Waals surface area contributed by atoms with Crippen molar-refractivity contribution < 1.29 is 23.8 Å². The first-order valence-electron chi connectivity index (χ1n) is 16.0. The maximum atomic E-state index is 12.7. The number of esters is 2. The fourth-order valence-electron chi connectivity index (χ4n) is 4.82. The van der Waals surface area contributed by atoms with Gasteiger partial charge in [-0.1, -0.05) is 82.2 Å². The van der Waals surface area contributed by atoms with E-state index in [1.165, 1.54) is 44.9 Å². The summed E-state index contributed by atoms with van der Waals surface area (Å²) in [5.41, 5.74) is 2.85. The van der Waals surface area contributed by atoms with E-state index in [0.29, 0.717) is 16.9 Å². The lowest BCUT2D eigenvalue weighted by Crippen LogP contribution is -2.15. The number of carbonyl (C=O) groups is 2. The van der Waals surface area contributed by atoms with Crippen LogP contribution in [0.15, 0.2) is 85.5 Å². The lowest BCUT2D eigenvalue weighted by molar-refractivity contribution is 0.0319. The molecule has 5 nitrogen and oxygen atoms in total. The predicted octanol–water partition coefficient (Wildman–Crippen LogP) is 10.4. The molecule has 0 aromatic heterocycles. The summed E-state index contributed by atoms with van der Waals surface area (Å²) < 4.78 is 17.0. The van der Waals surface area contributed by atoms with Gasteiger partial charge in [-0.2, -0.15) is 0 Å². The number of hydrogen-bond acceptors (Lipinski definition) is 5. The van der Waals surface area contributed by atoms with Crippen molar-refractivity contribution in [2.45, 2.75) is 97.0 Å². The molecule has 3 rings (SSSR count). The van der Waals surface area contributed by atoms with Crippen LogP contribution in [0.2, 0.25) is 0 Å². The van der Waals surface area contributed by atoms with Gasteiger partial charge in [-0.3, -0.25) is 0 Å². The van der Waals surface area contributed by atoms with Crippen molar-refractivity contribution in [1.82, 2.24) is 0 Å². The summed E-state index contributed by atoms with van der Waals surface area (Å²) in [5.74, 6) is 0.453. The van der Waals surface area contributed by atoms with Crippen molar-refractivity contribution in [3.05, 3.63) is 96.6 Å². The Morgan fingerprint density at radius 3 is 1.79 bits per heavy atom. The van der Waals surface area contributed by atoms with Gasteiger partial charge in [-0.15, -0.1) is 6.58 Å². The van der Waals surface area contributed by atoms with E-state index in [4.69, 9.17) is 14.2 Å². The van der Waals surface area contributed by atoms with Crippen LogP contribution < -0.4 is 9.47 Å². The minimum absolute atomic E-state index is 0.166. The van der Waals surface area contributed by atoms with Crippen LogP contribution in [-0.2, 0) is 4.74 Å². The summed E-state index contributed by atoms with van der Waals surface area (Å²) in [4.78, 5) is 25.1. The Labute approximate surface area is 258 Å². The molecule has 5 heteroatoms. The molecule has 0 aliphatic carbocycles. The van der Waals surface area contributed by atoms with Gasteiger partial charge in [0, 0.05) is 0 Å². The van der Waals surface area contributed by atoms with Crippen LogP contribution in [-0.4, -0.2) is 24.6 Å². The summed E-state index contributed by atoms with van der Waals surface area (Å²) in [7, 11) is 0. The second-order valence-corrected chi connectivity index (χ2v) is 11.1. The normalized spacial score (nSPS) is 11.5. The van der Waals surface area contributed by atoms with Gasteiger partial charge in [-0.25, -0.2) is 9.59 Å². The SMILES string of the molecule is C=CCCCC[C@@H](C)OC(=O)c1ccc(C(=O)Oc2ccc(-c3ccc(OCCCCCCCCCC)cc3)cc2)cc1. The van der Waals surface area contributed by atoms with E-state index in [-0.39, 0.29) is 6.10 Å². The Balaban J connectivity index is 1.41. The fraction of sp³-hybridized carbons (Fsp3) is 0.421. The zero-order valence-electron chi connectivity index (χ0n) is 26.0. The lowest BCUT2D eigenvalue weighted by atomic mass is 10.1. The highest BCUT2D eigenvalue weighted by molar-refractivity contribution is 5.94. The number of benzene rings is 3. The Morgan fingerprint density at radius 1 is 0.674 bits per heavy atom. The third kappa shape index (κ3) is 12.5. The van der Waals surface area contributed by atoms with E-state index in [0.717, 1.165) is 55.6 Å². The molecule has 1 atom stereocenters. The molecule has 230 valence electrons. The zero-order valence-corrected chi connectivity index (χ0v) is 26.0. The molecule has 0 unspecified atom stereocenters. The maximum absolute atomic E-state index is 12.7. The van der Waals surface area contributed by atoms with Gasteiger partial charge < -0.3 is 14.2 Å². The van der Waals surface area contributed by atoms with Crippen molar-refractivity contribution in [1.29, 1.82) is 0 Å². The number of hydrogen-bond donors (Lipinski definition) is 0. The molecule has 0 aliphatic heterocycles. The first-order chi connectivity index (χ1) is 21.0. The molecule has 0 bridgehead atoms. The largest absolute Gasteiger partial charge is 0.494 e. The average Bonchev–Trinajstić information content (AvgIpc) is 3.03. The molecule has 0 N–H and O–H groups in total. The second kappa shape index (κ2) is 19.4. The van der Waals surface area contributed by atoms with Crippen LogP contribution in [0.5, 0.6) is 11.5 Å². The minimum Gasteiger partial charge on any atom is -0.494 e. The summed E-state index contributed by atoms with van der Waals surface area (Å²) in [5, 5.41) is 0. The number of carbonyl (C=O) groups excluding carboxylic acids is 2. The average molecular weight is 585 g/mol. The van der Waals surface area contributed by atoms with Crippen molar-refractivity contribution >= 4 is 11.9 Å². The Hall–Kier alpha value is -3.86. The predicted molar refractivity (Wildman–Crippen MR) is 175 cm³/mol. The molecule has 0 radical (unpaired) electrons. The van der Waals surface area contributed by atoms with Crippen molar-refractivity contribution in [2.24, 2.45) is 0 Å². The summed E-state index contributed by atoms with van der Waals surface area (Å²) >= 11 is 0. The van der Waals surface area contributed by atoms with Gasteiger partial charge in [0.15, 0.2) is 0 Å². The van der Waals surface area contributed by atoms with E-state index in [1.807, 2.05) is 49.4 Å². The fourth-order valence-corrected chi connectivity index (χ4v) is 4.82. The van der Waals surface area contributed by atoms with Gasteiger partial charge in [0.1, 0.15) is 11.5 Å². The second-order valence-electron chi connectivity index (χ2n) is 11.1. The first-order valence-corrected chi connectivity index (χ1v) is 16.0. The summed E-state index contributed by atoms with van der Waals surface area (Å²) in [6.07, 6.45) is 15.8. The summed E-state index contributed by atoms with van der Waals surface area (Å²) in [6.45, 7) is 8.61. The molecule has 3 aromatic rings. The van der Waals surface area contributed by atoms with Crippen LogP contribution in [0.3, 0.4) is 0 Å². The molecule has 43 heavy (non-hydrogen) atoms. The third-order valence-electron chi connectivity index (χ3n) is 7.45. The highest BCUT2D eigenvalue weighted by Crippen LogP contribution is 2.25. The van der Waals surface area contributed by atoms with E-state index in [2.05, 4.69) is 13.5 Å². The maximum Gasteiger partial charge on any atom is 0.343 e. The Kier molecular flexibility index (Phi) is 15.1. The lowest BCUT2D eigenvalue weighted by Gasteiger charge is -2.13. The molecule has 0 saturated heterocycles. The third-order valence-corrected chi connectivity index (χ3v) is 7.45.